The Morgan fingerprint density at radius 1 is 1.05 bits per heavy atom. The van der Waals surface area contributed by atoms with Gasteiger partial charge in [0.1, 0.15) is 10.8 Å². The van der Waals surface area contributed by atoms with E-state index in [0.29, 0.717) is 40.4 Å². The molecule has 2 aromatic carbocycles. The second kappa shape index (κ2) is 12.9. The van der Waals surface area contributed by atoms with Crippen molar-refractivity contribution in [1.82, 2.24) is 15.1 Å². The van der Waals surface area contributed by atoms with Crippen molar-refractivity contribution in [2.24, 2.45) is 0 Å². The van der Waals surface area contributed by atoms with Crippen molar-refractivity contribution in [3.63, 3.8) is 0 Å². The van der Waals surface area contributed by atoms with Gasteiger partial charge in [0.05, 0.1) is 6.61 Å². The number of benzene rings is 2. The van der Waals surface area contributed by atoms with Gasteiger partial charge in [0.15, 0.2) is 11.5 Å². The third-order valence-electron chi connectivity index (χ3n) is 7.01. The topological polar surface area (TPSA) is 103 Å². The summed E-state index contributed by atoms with van der Waals surface area (Å²) in [6, 6.07) is 13.0. The summed E-state index contributed by atoms with van der Waals surface area (Å²) < 4.78 is 16.5. The number of ether oxygens (including phenoxy) is 3. The largest absolute Gasteiger partial charge is 0.494 e. The molecule has 1 N–H and O–H groups in total. The molecule has 39 heavy (non-hydrogen) atoms. The fourth-order valence-corrected chi connectivity index (χ4v) is 5.62. The van der Waals surface area contributed by atoms with E-state index in [1.165, 1.54) is 17.8 Å². The van der Waals surface area contributed by atoms with Crippen LogP contribution in [0, 0.1) is 0 Å². The third kappa shape index (κ3) is 6.86. The van der Waals surface area contributed by atoms with Gasteiger partial charge in [-0.2, -0.15) is 0 Å². The smallest absolute Gasteiger partial charge is 0.254 e. The van der Waals surface area contributed by atoms with Gasteiger partial charge in [0.2, 0.25) is 17.8 Å². The Hall–Kier alpha value is -3.66. The lowest BCUT2D eigenvalue weighted by Gasteiger charge is -2.34. The number of nitrogens with one attached hydrogen (secondary N) is 1. The van der Waals surface area contributed by atoms with Crippen molar-refractivity contribution < 1.29 is 23.8 Å². The molecule has 1 saturated carbocycles. The van der Waals surface area contributed by atoms with Gasteiger partial charge in [-0.15, -0.1) is 10.2 Å². The zero-order chi connectivity index (χ0) is 27.0. The van der Waals surface area contributed by atoms with Gasteiger partial charge in [-0.05, 0) is 61.7 Å². The third-order valence-corrected chi connectivity index (χ3v) is 7.90. The Balaban J connectivity index is 1.20. The summed E-state index contributed by atoms with van der Waals surface area (Å²) in [6.07, 6.45) is 7.54. The number of nitrogens with zero attached hydrogens (tertiary/aromatic N) is 3. The Kier molecular flexibility index (Phi) is 8.93. The summed E-state index contributed by atoms with van der Waals surface area (Å²) in [5.74, 6) is 1.89. The zero-order valence-corrected chi connectivity index (χ0v) is 23.0. The van der Waals surface area contributed by atoms with Crippen LogP contribution in [0.1, 0.15) is 68.6 Å². The van der Waals surface area contributed by atoms with E-state index in [0.717, 1.165) is 49.8 Å². The molecule has 0 unspecified atom stereocenters. The van der Waals surface area contributed by atoms with Crippen LogP contribution in [0.5, 0.6) is 17.2 Å². The van der Waals surface area contributed by atoms with E-state index in [2.05, 4.69) is 22.4 Å². The lowest BCUT2D eigenvalue weighted by atomic mass is 9.93. The number of carbonyl (C=O) groups excluding carboxylic acids is 2. The van der Waals surface area contributed by atoms with Gasteiger partial charge in [-0.25, -0.2) is 0 Å². The Morgan fingerprint density at radius 3 is 2.64 bits per heavy atom. The summed E-state index contributed by atoms with van der Waals surface area (Å²) in [6.45, 7) is 3.34. The van der Waals surface area contributed by atoms with Crippen molar-refractivity contribution in [2.75, 3.05) is 25.3 Å². The van der Waals surface area contributed by atoms with Gasteiger partial charge in [0.25, 0.3) is 5.91 Å². The quantitative estimate of drug-likeness (QED) is 0.296. The number of aromatic nitrogens is 2. The van der Waals surface area contributed by atoms with E-state index in [9.17, 15) is 9.59 Å². The number of amides is 2. The molecule has 10 heteroatoms. The lowest BCUT2D eigenvalue weighted by Crippen LogP contribution is -2.43. The standard InChI is InChI=1S/C29H34N4O5S/c1-2-3-17-36-23-12-9-20(10-13-23)28(35)33(22-7-5-4-6-8-22)16-15-26(34)30-29-32-31-27(39-29)21-11-14-24-25(18-21)38-19-37-24/h9-14,18,22H,2-8,15-17,19H2,1H3,(H,30,32,34). The SMILES string of the molecule is CCCCOc1ccc(C(=O)N(CCC(=O)Nc2nnc(-c3ccc4c(c3)OCO4)s2)C2CCCCC2)cc1. The van der Waals surface area contributed by atoms with Crippen molar-refractivity contribution in [3.8, 4) is 27.8 Å². The first-order chi connectivity index (χ1) is 19.1. The van der Waals surface area contributed by atoms with Gasteiger partial charge in [-0.3, -0.25) is 9.59 Å². The van der Waals surface area contributed by atoms with Gasteiger partial charge in [0, 0.05) is 30.1 Å². The van der Waals surface area contributed by atoms with Crippen molar-refractivity contribution >= 4 is 28.3 Å². The van der Waals surface area contributed by atoms with Crippen LogP contribution >= 0.6 is 11.3 Å². The average molecular weight is 551 g/mol. The van der Waals surface area contributed by atoms with Crippen LogP contribution in [0.3, 0.4) is 0 Å². The van der Waals surface area contributed by atoms with Crippen LogP contribution in [0.4, 0.5) is 5.13 Å². The van der Waals surface area contributed by atoms with E-state index in [-0.39, 0.29) is 31.1 Å². The summed E-state index contributed by atoms with van der Waals surface area (Å²) in [5, 5.41) is 12.3. The molecule has 1 aliphatic carbocycles. The molecule has 2 aliphatic rings. The first-order valence-electron chi connectivity index (χ1n) is 13.7. The molecule has 1 aromatic heterocycles. The lowest BCUT2D eigenvalue weighted by molar-refractivity contribution is -0.116. The molecular formula is C29H34N4O5S. The maximum atomic E-state index is 13.5. The van der Waals surface area contributed by atoms with Crippen LogP contribution in [0.2, 0.25) is 0 Å². The van der Waals surface area contributed by atoms with Gasteiger partial charge in [-0.1, -0.05) is 43.9 Å². The highest BCUT2D eigenvalue weighted by Gasteiger charge is 2.27. The van der Waals surface area contributed by atoms with Gasteiger partial charge >= 0.3 is 0 Å². The second-order valence-corrected chi connectivity index (χ2v) is 10.8. The number of rotatable bonds is 11. The molecule has 9 nitrogen and oxygen atoms in total. The Bertz CT molecular complexity index is 1270. The number of anilines is 1. The van der Waals surface area contributed by atoms with Crippen molar-refractivity contribution in [2.45, 2.75) is 64.3 Å². The van der Waals surface area contributed by atoms with Crippen LogP contribution in [-0.4, -0.2) is 52.9 Å². The first-order valence-corrected chi connectivity index (χ1v) is 14.5. The molecule has 0 saturated heterocycles. The summed E-state index contributed by atoms with van der Waals surface area (Å²) in [4.78, 5) is 28.3. The number of unbranched alkanes of at least 4 members (excludes halogenated alkanes) is 1. The predicted octanol–water partition coefficient (Wildman–Crippen LogP) is 5.92. The normalized spacial score (nSPS) is 14.7. The summed E-state index contributed by atoms with van der Waals surface area (Å²) in [5.41, 5.74) is 1.45. The second-order valence-electron chi connectivity index (χ2n) is 9.80. The molecule has 0 atom stereocenters. The van der Waals surface area contributed by atoms with Crippen molar-refractivity contribution in [3.05, 3.63) is 48.0 Å². The molecule has 206 valence electrons. The average Bonchev–Trinajstić information content (AvgIpc) is 3.63. The highest BCUT2D eigenvalue weighted by molar-refractivity contribution is 7.18. The first kappa shape index (κ1) is 26.9. The molecule has 2 heterocycles. The van der Waals surface area contributed by atoms with E-state index < -0.39 is 0 Å². The minimum absolute atomic E-state index is 0.0455. The van der Waals surface area contributed by atoms with E-state index in [1.807, 2.05) is 47.4 Å². The number of hydrogen-bond acceptors (Lipinski definition) is 8. The molecule has 1 fully saturated rings. The van der Waals surface area contributed by atoms with E-state index >= 15 is 0 Å². The monoisotopic (exact) mass is 550 g/mol. The highest BCUT2D eigenvalue weighted by atomic mass is 32.1. The number of hydrogen-bond donors (Lipinski definition) is 1. The highest BCUT2D eigenvalue weighted by Crippen LogP contribution is 2.37. The number of fused-ring (bicyclic) bond motifs is 1. The van der Waals surface area contributed by atoms with Crippen molar-refractivity contribution in [1.29, 1.82) is 0 Å². The molecule has 0 bridgehead atoms. The fourth-order valence-electron chi connectivity index (χ4n) is 4.86. The Labute approximate surface area is 232 Å². The van der Waals surface area contributed by atoms with Crippen LogP contribution in [0.25, 0.3) is 10.6 Å². The molecule has 0 spiro atoms. The van der Waals surface area contributed by atoms with Crippen LogP contribution in [-0.2, 0) is 4.79 Å². The molecule has 5 rings (SSSR count). The summed E-state index contributed by atoms with van der Waals surface area (Å²) in [7, 11) is 0. The molecular weight excluding hydrogens is 516 g/mol. The fraction of sp³-hybridized carbons (Fsp3) is 0.448. The minimum atomic E-state index is -0.198. The molecule has 3 aromatic rings. The predicted molar refractivity (Wildman–Crippen MR) is 149 cm³/mol. The molecule has 2 amide bonds. The van der Waals surface area contributed by atoms with E-state index in [1.54, 1.807) is 0 Å². The maximum Gasteiger partial charge on any atom is 0.254 e. The zero-order valence-electron chi connectivity index (χ0n) is 22.2. The molecule has 0 radical (unpaired) electrons. The maximum absolute atomic E-state index is 13.5. The Morgan fingerprint density at radius 2 is 1.85 bits per heavy atom. The van der Waals surface area contributed by atoms with Crippen LogP contribution in [0.15, 0.2) is 42.5 Å². The summed E-state index contributed by atoms with van der Waals surface area (Å²) >= 11 is 1.29. The number of carbonyl (C=O) groups is 2. The van der Waals surface area contributed by atoms with Gasteiger partial charge < -0.3 is 24.4 Å². The molecule has 1 aliphatic heterocycles. The minimum Gasteiger partial charge on any atom is -0.494 e. The van der Waals surface area contributed by atoms with Crippen LogP contribution < -0.4 is 19.5 Å². The van der Waals surface area contributed by atoms with E-state index in [4.69, 9.17) is 14.2 Å².